The van der Waals surface area contributed by atoms with Crippen LogP contribution >= 0.6 is 0 Å². The van der Waals surface area contributed by atoms with Crippen LogP contribution in [0.15, 0.2) is 6.07 Å². The molecule has 0 atom stereocenters. The van der Waals surface area contributed by atoms with E-state index in [1.165, 1.54) is 6.07 Å². The van der Waals surface area contributed by atoms with Crippen LogP contribution < -0.4 is 22.3 Å². The number of aliphatic hydroxyl groups excluding tert-OH is 2. The van der Waals surface area contributed by atoms with E-state index in [1.54, 1.807) is 0 Å². The van der Waals surface area contributed by atoms with Gasteiger partial charge in [-0.1, -0.05) is 0 Å². The van der Waals surface area contributed by atoms with Gasteiger partial charge in [0.05, 0.1) is 19.3 Å². The third-order valence-electron chi connectivity index (χ3n) is 1.68. The molecule has 0 unspecified atom stereocenters. The highest BCUT2D eigenvalue weighted by Gasteiger charge is 2.07. The van der Waals surface area contributed by atoms with Gasteiger partial charge in [0, 0.05) is 6.07 Å². The van der Waals surface area contributed by atoms with E-state index in [0.29, 0.717) is 11.6 Å². The molecular weight excluding hydrogens is 200 g/mol. The van der Waals surface area contributed by atoms with Crippen molar-refractivity contribution in [3.8, 4) is 0 Å². The van der Waals surface area contributed by atoms with E-state index in [9.17, 15) is 0 Å². The number of nitrogens with one attached hydrogen (secondary N) is 2. The number of rotatable bonds is 5. The van der Waals surface area contributed by atoms with Crippen LogP contribution in [0.3, 0.4) is 0 Å². The smallest absolute Gasteiger partial charge is 0.223 e. The van der Waals surface area contributed by atoms with Crippen molar-refractivity contribution in [1.82, 2.24) is 9.97 Å². The Kier molecular flexibility index (Phi) is 4.03. The van der Waals surface area contributed by atoms with E-state index >= 15 is 0 Å². The second-order valence-electron chi connectivity index (χ2n) is 2.85. The lowest BCUT2D eigenvalue weighted by molar-refractivity contribution is 0.203. The van der Waals surface area contributed by atoms with E-state index in [0.717, 1.165) is 0 Å². The molecule has 0 radical (unpaired) electrons. The SMILES string of the molecule is NNc1cc(NC(CO)CO)nc(N)n1. The fraction of sp³-hybridized carbons (Fsp3) is 0.429. The van der Waals surface area contributed by atoms with Crippen molar-refractivity contribution in [2.45, 2.75) is 6.04 Å². The first-order chi connectivity index (χ1) is 7.19. The van der Waals surface area contributed by atoms with E-state index in [-0.39, 0.29) is 19.2 Å². The molecular formula is C7H14N6O2. The normalized spacial score (nSPS) is 10.4. The van der Waals surface area contributed by atoms with Crippen LogP contribution in [0.1, 0.15) is 0 Å². The molecule has 1 heterocycles. The van der Waals surface area contributed by atoms with Crippen LogP contribution in [-0.4, -0.2) is 39.4 Å². The number of hydrogen-bond acceptors (Lipinski definition) is 8. The minimum Gasteiger partial charge on any atom is -0.394 e. The molecule has 84 valence electrons. The summed E-state index contributed by atoms with van der Waals surface area (Å²) >= 11 is 0. The predicted molar refractivity (Wildman–Crippen MR) is 55.8 cm³/mol. The Morgan fingerprint density at radius 1 is 1.27 bits per heavy atom. The number of hydrazine groups is 1. The summed E-state index contributed by atoms with van der Waals surface area (Å²) in [4.78, 5) is 7.63. The first kappa shape index (κ1) is 11.4. The molecule has 0 aliphatic rings. The molecule has 0 bridgehead atoms. The van der Waals surface area contributed by atoms with Gasteiger partial charge in [-0.3, -0.25) is 0 Å². The van der Waals surface area contributed by atoms with Gasteiger partial charge in [0.2, 0.25) is 5.95 Å². The monoisotopic (exact) mass is 214 g/mol. The number of anilines is 3. The molecule has 8 N–H and O–H groups in total. The molecule has 8 heteroatoms. The van der Waals surface area contributed by atoms with Gasteiger partial charge in [-0.15, -0.1) is 0 Å². The summed E-state index contributed by atoms with van der Waals surface area (Å²) in [6.45, 7) is -0.433. The summed E-state index contributed by atoms with van der Waals surface area (Å²) in [5, 5.41) is 20.5. The second kappa shape index (κ2) is 5.29. The zero-order chi connectivity index (χ0) is 11.3. The summed E-state index contributed by atoms with van der Waals surface area (Å²) in [7, 11) is 0. The van der Waals surface area contributed by atoms with Crippen molar-refractivity contribution in [2.24, 2.45) is 5.84 Å². The number of aromatic nitrogens is 2. The largest absolute Gasteiger partial charge is 0.394 e. The Labute approximate surface area is 86.3 Å². The van der Waals surface area contributed by atoms with Crippen LogP contribution in [0.5, 0.6) is 0 Å². The number of nitrogens with zero attached hydrogens (tertiary/aromatic N) is 2. The van der Waals surface area contributed by atoms with Crippen LogP contribution in [0, 0.1) is 0 Å². The molecule has 0 saturated heterocycles. The number of aliphatic hydroxyl groups is 2. The molecule has 0 fully saturated rings. The maximum Gasteiger partial charge on any atom is 0.223 e. The molecule has 0 saturated carbocycles. The Morgan fingerprint density at radius 3 is 2.40 bits per heavy atom. The highest BCUT2D eigenvalue weighted by Crippen LogP contribution is 2.11. The average molecular weight is 214 g/mol. The van der Waals surface area contributed by atoms with Gasteiger partial charge >= 0.3 is 0 Å². The number of nitrogens with two attached hydrogens (primary N) is 2. The quantitative estimate of drug-likeness (QED) is 0.247. The predicted octanol–water partition coefficient (Wildman–Crippen LogP) is -1.89. The highest BCUT2D eigenvalue weighted by molar-refractivity contribution is 5.50. The molecule has 0 amide bonds. The fourth-order valence-electron chi connectivity index (χ4n) is 0.972. The third kappa shape index (κ3) is 3.20. The van der Waals surface area contributed by atoms with Crippen LogP contribution in [-0.2, 0) is 0 Å². The first-order valence-corrected chi connectivity index (χ1v) is 4.29. The summed E-state index contributed by atoms with van der Waals surface area (Å²) in [6.07, 6.45) is 0. The van der Waals surface area contributed by atoms with Crippen molar-refractivity contribution in [2.75, 3.05) is 29.7 Å². The minimum atomic E-state index is -0.495. The molecule has 0 aliphatic carbocycles. The fourth-order valence-corrected chi connectivity index (χ4v) is 0.972. The van der Waals surface area contributed by atoms with Crippen molar-refractivity contribution in [1.29, 1.82) is 0 Å². The van der Waals surface area contributed by atoms with E-state index in [2.05, 4.69) is 20.7 Å². The van der Waals surface area contributed by atoms with E-state index in [1.807, 2.05) is 0 Å². The Balaban J connectivity index is 2.79. The minimum absolute atomic E-state index is 0.0441. The molecule has 1 aromatic rings. The number of nitrogen functional groups attached to an aromatic ring is 2. The molecule has 15 heavy (non-hydrogen) atoms. The van der Waals surface area contributed by atoms with Crippen LogP contribution in [0.2, 0.25) is 0 Å². The Bertz CT molecular complexity index is 316. The second-order valence-corrected chi connectivity index (χ2v) is 2.85. The van der Waals surface area contributed by atoms with Crippen LogP contribution in [0.4, 0.5) is 17.6 Å². The van der Waals surface area contributed by atoms with Gasteiger partial charge in [-0.05, 0) is 0 Å². The lowest BCUT2D eigenvalue weighted by Gasteiger charge is -2.14. The van der Waals surface area contributed by atoms with Crippen molar-refractivity contribution < 1.29 is 10.2 Å². The Morgan fingerprint density at radius 2 is 1.87 bits per heavy atom. The van der Waals surface area contributed by atoms with Gasteiger partial charge in [0.15, 0.2) is 0 Å². The standard InChI is InChI=1S/C7H14N6O2/c8-7-11-5(1-6(12-7)13-9)10-4(2-14)3-15/h1,4,14-15H,2-3,9H2,(H4,8,10,11,12,13). The maximum absolute atomic E-state index is 8.85. The van der Waals surface area contributed by atoms with Gasteiger partial charge in [0.1, 0.15) is 11.6 Å². The third-order valence-corrected chi connectivity index (χ3v) is 1.68. The maximum atomic E-state index is 8.85. The lowest BCUT2D eigenvalue weighted by atomic mass is 10.3. The first-order valence-electron chi connectivity index (χ1n) is 4.29. The molecule has 0 aromatic carbocycles. The average Bonchev–Trinajstić information content (AvgIpc) is 2.25. The summed E-state index contributed by atoms with van der Waals surface area (Å²) in [6, 6.07) is 1.01. The topological polar surface area (TPSA) is 142 Å². The zero-order valence-corrected chi connectivity index (χ0v) is 8.01. The van der Waals surface area contributed by atoms with Gasteiger partial charge in [0.25, 0.3) is 0 Å². The van der Waals surface area contributed by atoms with E-state index < -0.39 is 6.04 Å². The molecule has 0 spiro atoms. The van der Waals surface area contributed by atoms with E-state index in [4.69, 9.17) is 21.8 Å². The molecule has 0 aliphatic heterocycles. The summed E-state index contributed by atoms with van der Waals surface area (Å²) < 4.78 is 0. The summed E-state index contributed by atoms with van der Waals surface area (Å²) in [5.41, 5.74) is 7.73. The van der Waals surface area contributed by atoms with Crippen LogP contribution in [0.25, 0.3) is 0 Å². The zero-order valence-electron chi connectivity index (χ0n) is 8.01. The van der Waals surface area contributed by atoms with Crippen molar-refractivity contribution in [3.05, 3.63) is 6.07 Å². The summed E-state index contributed by atoms with van der Waals surface area (Å²) in [5.74, 6) is 5.93. The van der Waals surface area contributed by atoms with Gasteiger partial charge in [-0.25, -0.2) is 5.84 Å². The number of hydrogen-bond donors (Lipinski definition) is 6. The molecule has 1 rings (SSSR count). The van der Waals surface area contributed by atoms with Crippen molar-refractivity contribution in [3.63, 3.8) is 0 Å². The van der Waals surface area contributed by atoms with Gasteiger partial charge < -0.3 is 26.7 Å². The Hall–Kier alpha value is -1.64. The highest BCUT2D eigenvalue weighted by atomic mass is 16.3. The lowest BCUT2D eigenvalue weighted by Crippen LogP contribution is -2.28. The molecule has 1 aromatic heterocycles. The van der Waals surface area contributed by atoms with Gasteiger partial charge in [-0.2, -0.15) is 9.97 Å². The molecule has 8 nitrogen and oxygen atoms in total. The van der Waals surface area contributed by atoms with Crippen molar-refractivity contribution >= 4 is 17.6 Å².